The summed E-state index contributed by atoms with van der Waals surface area (Å²) in [5.74, 6) is 0.227. The molecule has 3 heteroatoms. The van der Waals surface area contributed by atoms with Crippen LogP contribution in [0.2, 0.25) is 0 Å². The standard InChI is InChI=1S/C8H16N2O/c1-4-7-8(11)10(3)5-6(2)9-7/h6-7,9H,4-5H2,1-3H3/t6-,7-/m0/s1. The first-order valence-corrected chi connectivity index (χ1v) is 4.16. The Hall–Kier alpha value is -0.570. The van der Waals surface area contributed by atoms with Crippen molar-refractivity contribution in [3.05, 3.63) is 0 Å². The van der Waals surface area contributed by atoms with Crippen LogP contribution in [0.25, 0.3) is 0 Å². The zero-order chi connectivity index (χ0) is 8.43. The van der Waals surface area contributed by atoms with Crippen molar-refractivity contribution in [1.82, 2.24) is 10.2 Å². The second-order valence-electron chi connectivity index (χ2n) is 3.25. The van der Waals surface area contributed by atoms with Crippen molar-refractivity contribution in [3.63, 3.8) is 0 Å². The summed E-state index contributed by atoms with van der Waals surface area (Å²) in [6.45, 7) is 4.96. The monoisotopic (exact) mass is 156 g/mol. The second-order valence-corrected chi connectivity index (χ2v) is 3.25. The van der Waals surface area contributed by atoms with Gasteiger partial charge in [0.05, 0.1) is 6.04 Å². The molecular formula is C8H16N2O. The van der Waals surface area contributed by atoms with E-state index >= 15 is 0 Å². The van der Waals surface area contributed by atoms with E-state index in [1.807, 2.05) is 14.0 Å². The number of nitrogens with zero attached hydrogens (tertiary/aromatic N) is 1. The lowest BCUT2D eigenvalue weighted by molar-refractivity contribution is -0.135. The van der Waals surface area contributed by atoms with Gasteiger partial charge in [-0.1, -0.05) is 6.92 Å². The van der Waals surface area contributed by atoms with Gasteiger partial charge in [0, 0.05) is 19.6 Å². The molecule has 1 N–H and O–H groups in total. The van der Waals surface area contributed by atoms with Gasteiger partial charge in [-0.15, -0.1) is 0 Å². The maximum absolute atomic E-state index is 11.4. The molecule has 1 amide bonds. The van der Waals surface area contributed by atoms with Crippen molar-refractivity contribution in [2.45, 2.75) is 32.4 Å². The molecule has 0 aromatic rings. The molecule has 2 atom stereocenters. The molecule has 1 fully saturated rings. The van der Waals surface area contributed by atoms with Crippen LogP contribution in [-0.4, -0.2) is 36.5 Å². The van der Waals surface area contributed by atoms with Crippen LogP contribution in [0.1, 0.15) is 20.3 Å². The molecule has 0 unspecified atom stereocenters. The van der Waals surface area contributed by atoms with Crippen molar-refractivity contribution in [1.29, 1.82) is 0 Å². The number of nitrogens with one attached hydrogen (secondary N) is 1. The zero-order valence-corrected chi connectivity index (χ0v) is 7.42. The third-order valence-electron chi connectivity index (χ3n) is 2.12. The third-order valence-corrected chi connectivity index (χ3v) is 2.12. The summed E-state index contributed by atoms with van der Waals surface area (Å²) in [4.78, 5) is 13.2. The van der Waals surface area contributed by atoms with Crippen LogP contribution in [0, 0.1) is 0 Å². The number of likely N-dealkylation sites (N-methyl/N-ethyl adjacent to an activating group) is 1. The lowest BCUT2D eigenvalue weighted by Crippen LogP contribution is -2.57. The molecule has 11 heavy (non-hydrogen) atoms. The van der Waals surface area contributed by atoms with Crippen molar-refractivity contribution in [2.24, 2.45) is 0 Å². The molecule has 1 heterocycles. The second kappa shape index (κ2) is 3.22. The Balaban J connectivity index is 2.59. The highest BCUT2D eigenvalue weighted by molar-refractivity contribution is 5.82. The SMILES string of the molecule is CC[C@@H]1N[C@@H](C)CN(C)C1=O. The van der Waals surface area contributed by atoms with Crippen LogP contribution in [0.5, 0.6) is 0 Å². The molecule has 3 nitrogen and oxygen atoms in total. The van der Waals surface area contributed by atoms with E-state index in [1.54, 1.807) is 4.90 Å². The molecule has 0 saturated carbocycles. The molecule has 0 radical (unpaired) electrons. The van der Waals surface area contributed by atoms with E-state index in [2.05, 4.69) is 12.2 Å². The lowest BCUT2D eigenvalue weighted by Gasteiger charge is -2.34. The predicted octanol–water partition coefficient (Wildman–Crippen LogP) is 0.215. The Morgan fingerprint density at radius 3 is 2.91 bits per heavy atom. The van der Waals surface area contributed by atoms with Crippen molar-refractivity contribution < 1.29 is 4.79 Å². The van der Waals surface area contributed by atoms with E-state index in [0.717, 1.165) is 13.0 Å². The van der Waals surface area contributed by atoms with E-state index < -0.39 is 0 Å². The van der Waals surface area contributed by atoms with Crippen LogP contribution in [0.15, 0.2) is 0 Å². The summed E-state index contributed by atoms with van der Waals surface area (Å²) in [7, 11) is 1.86. The quantitative estimate of drug-likeness (QED) is 0.589. The van der Waals surface area contributed by atoms with E-state index in [9.17, 15) is 4.79 Å². The fourth-order valence-corrected chi connectivity index (χ4v) is 1.53. The number of rotatable bonds is 1. The normalized spacial score (nSPS) is 32.6. The van der Waals surface area contributed by atoms with Gasteiger partial charge in [0.15, 0.2) is 0 Å². The van der Waals surface area contributed by atoms with Crippen LogP contribution in [0.4, 0.5) is 0 Å². The first-order chi connectivity index (χ1) is 5.15. The molecule has 0 aromatic heterocycles. The number of carbonyl (C=O) groups is 1. The topological polar surface area (TPSA) is 32.3 Å². The Kier molecular flexibility index (Phi) is 2.49. The molecule has 1 rings (SSSR count). The average Bonchev–Trinajstić information content (AvgIpc) is 1.96. The molecule has 1 saturated heterocycles. The summed E-state index contributed by atoms with van der Waals surface area (Å²) in [5, 5.41) is 3.25. The number of hydrogen-bond donors (Lipinski definition) is 1. The molecule has 0 aliphatic carbocycles. The zero-order valence-electron chi connectivity index (χ0n) is 7.42. The maximum atomic E-state index is 11.4. The summed E-state index contributed by atoms with van der Waals surface area (Å²) in [6.07, 6.45) is 0.882. The number of carbonyl (C=O) groups excluding carboxylic acids is 1. The van der Waals surface area contributed by atoms with Gasteiger partial charge in [-0.05, 0) is 13.3 Å². The lowest BCUT2D eigenvalue weighted by atomic mass is 10.1. The van der Waals surface area contributed by atoms with Gasteiger partial charge in [0.2, 0.25) is 5.91 Å². The van der Waals surface area contributed by atoms with E-state index in [0.29, 0.717) is 6.04 Å². The summed E-state index contributed by atoms with van der Waals surface area (Å²) in [5.41, 5.74) is 0. The van der Waals surface area contributed by atoms with E-state index in [-0.39, 0.29) is 11.9 Å². The van der Waals surface area contributed by atoms with Gasteiger partial charge >= 0.3 is 0 Å². The largest absolute Gasteiger partial charge is 0.343 e. The first-order valence-electron chi connectivity index (χ1n) is 4.16. The molecular weight excluding hydrogens is 140 g/mol. The van der Waals surface area contributed by atoms with Gasteiger partial charge in [-0.2, -0.15) is 0 Å². The van der Waals surface area contributed by atoms with Crippen LogP contribution in [-0.2, 0) is 4.79 Å². The number of piperazine rings is 1. The maximum Gasteiger partial charge on any atom is 0.239 e. The fraction of sp³-hybridized carbons (Fsp3) is 0.875. The molecule has 0 aromatic carbocycles. The molecule has 1 aliphatic rings. The Morgan fingerprint density at radius 1 is 1.73 bits per heavy atom. The highest BCUT2D eigenvalue weighted by Crippen LogP contribution is 2.05. The third kappa shape index (κ3) is 1.71. The van der Waals surface area contributed by atoms with Crippen molar-refractivity contribution >= 4 is 5.91 Å². The smallest absolute Gasteiger partial charge is 0.239 e. The minimum Gasteiger partial charge on any atom is -0.343 e. The Bertz CT molecular complexity index is 158. The fourth-order valence-electron chi connectivity index (χ4n) is 1.53. The molecule has 0 bridgehead atoms. The minimum atomic E-state index is 0.0451. The molecule has 0 spiro atoms. The summed E-state index contributed by atoms with van der Waals surface area (Å²) >= 11 is 0. The van der Waals surface area contributed by atoms with Gasteiger partial charge in [-0.25, -0.2) is 0 Å². The predicted molar refractivity (Wildman–Crippen MR) is 44.3 cm³/mol. The van der Waals surface area contributed by atoms with E-state index in [1.165, 1.54) is 0 Å². The highest BCUT2D eigenvalue weighted by Gasteiger charge is 2.27. The van der Waals surface area contributed by atoms with Crippen molar-refractivity contribution in [3.8, 4) is 0 Å². The van der Waals surface area contributed by atoms with E-state index in [4.69, 9.17) is 0 Å². The number of hydrogen-bond acceptors (Lipinski definition) is 2. The average molecular weight is 156 g/mol. The van der Waals surface area contributed by atoms with Gasteiger partial charge in [-0.3, -0.25) is 4.79 Å². The Morgan fingerprint density at radius 2 is 2.36 bits per heavy atom. The summed E-state index contributed by atoms with van der Waals surface area (Å²) in [6, 6.07) is 0.478. The van der Waals surface area contributed by atoms with Crippen LogP contribution >= 0.6 is 0 Å². The number of amides is 1. The Labute approximate surface area is 67.8 Å². The molecule has 64 valence electrons. The first kappa shape index (κ1) is 8.53. The van der Waals surface area contributed by atoms with Gasteiger partial charge in [0.1, 0.15) is 0 Å². The van der Waals surface area contributed by atoms with Crippen LogP contribution in [0.3, 0.4) is 0 Å². The molecule has 1 aliphatic heterocycles. The minimum absolute atomic E-state index is 0.0451. The van der Waals surface area contributed by atoms with Gasteiger partial charge < -0.3 is 10.2 Å². The summed E-state index contributed by atoms with van der Waals surface area (Å²) < 4.78 is 0. The van der Waals surface area contributed by atoms with Crippen LogP contribution < -0.4 is 5.32 Å². The van der Waals surface area contributed by atoms with Crippen molar-refractivity contribution in [2.75, 3.05) is 13.6 Å². The van der Waals surface area contributed by atoms with Gasteiger partial charge in [0.25, 0.3) is 0 Å². The highest BCUT2D eigenvalue weighted by atomic mass is 16.2.